The molecule has 0 spiro atoms. The molecule has 128 valence electrons. The van der Waals surface area contributed by atoms with Crippen LogP contribution in [0.5, 0.6) is 11.5 Å². The van der Waals surface area contributed by atoms with Crippen molar-refractivity contribution >= 4 is 5.96 Å². The molecule has 0 atom stereocenters. The Morgan fingerprint density at radius 3 is 2.29 bits per heavy atom. The van der Waals surface area contributed by atoms with E-state index in [9.17, 15) is 0 Å². The topological polar surface area (TPSA) is 54.9 Å². The maximum Gasteiger partial charge on any atom is 0.191 e. The van der Waals surface area contributed by atoms with Crippen LogP contribution >= 0.6 is 0 Å². The van der Waals surface area contributed by atoms with Crippen LogP contribution in [0.2, 0.25) is 0 Å². The molecule has 0 aromatic heterocycles. The fourth-order valence-corrected chi connectivity index (χ4v) is 2.38. The van der Waals surface area contributed by atoms with Gasteiger partial charge < -0.3 is 20.1 Å². The van der Waals surface area contributed by atoms with Gasteiger partial charge in [0.15, 0.2) is 5.96 Å². The van der Waals surface area contributed by atoms with Crippen LogP contribution in [0.4, 0.5) is 0 Å². The lowest BCUT2D eigenvalue weighted by Gasteiger charge is -2.15. The lowest BCUT2D eigenvalue weighted by molar-refractivity contribution is 0.390. The van der Waals surface area contributed by atoms with Crippen molar-refractivity contribution < 1.29 is 9.47 Å². The summed E-state index contributed by atoms with van der Waals surface area (Å²) in [5, 5.41) is 6.64. The molecule has 0 aliphatic rings. The van der Waals surface area contributed by atoms with E-state index >= 15 is 0 Å². The molecule has 0 heterocycles. The molecule has 0 saturated carbocycles. The molecule has 5 heteroatoms. The predicted molar refractivity (Wildman–Crippen MR) is 97.8 cm³/mol. The summed E-state index contributed by atoms with van der Waals surface area (Å²) in [4.78, 5) is 4.27. The molecule has 5 nitrogen and oxygen atoms in total. The summed E-state index contributed by atoms with van der Waals surface area (Å²) in [7, 11) is 5.06. The number of hydrogen-bond acceptors (Lipinski definition) is 3. The number of rotatable bonds is 6. The Balaban J connectivity index is 1.95. The highest BCUT2D eigenvalue weighted by Gasteiger charge is 2.06. The highest BCUT2D eigenvalue weighted by atomic mass is 16.5. The number of benzene rings is 2. The van der Waals surface area contributed by atoms with Crippen LogP contribution in [0.25, 0.3) is 0 Å². The number of nitrogens with one attached hydrogen (secondary N) is 2. The van der Waals surface area contributed by atoms with Gasteiger partial charge in [-0.15, -0.1) is 0 Å². The molecule has 0 saturated heterocycles. The van der Waals surface area contributed by atoms with Gasteiger partial charge >= 0.3 is 0 Å². The molecule has 2 rings (SSSR count). The van der Waals surface area contributed by atoms with Gasteiger partial charge in [-0.1, -0.05) is 24.3 Å². The van der Waals surface area contributed by atoms with E-state index in [2.05, 4.69) is 34.7 Å². The smallest absolute Gasteiger partial charge is 0.191 e. The second-order valence-corrected chi connectivity index (χ2v) is 5.38. The Bertz CT molecular complexity index is 699. The summed E-state index contributed by atoms with van der Waals surface area (Å²) >= 11 is 0. The first-order valence-corrected chi connectivity index (χ1v) is 7.88. The van der Waals surface area contributed by atoms with Crippen LogP contribution in [0.3, 0.4) is 0 Å². The summed E-state index contributed by atoms with van der Waals surface area (Å²) in [6.07, 6.45) is 0. The summed E-state index contributed by atoms with van der Waals surface area (Å²) in [5.74, 6) is 2.31. The first-order chi connectivity index (χ1) is 11.7. The Labute approximate surface area is 143 Å². The van der Waals surface area contributed by atoms with Crippen LogP contribution in [-0.2, 0) is 13.1 Å². The van der Waals surface area contributed by atoms with Gasteiger partial charge in [0.2, 0.25) is 0 Å². The van der Waals surface area contributed by atoms with Gasteiger partial charge in [-0.3, -0.25) is 4.99 Å². The second-order valence-electron chi connectivity index (χ2n) is 5.38. The van der Waals surface area contributed by atoms with Gasteiger partial charge in [-0.25, -0.2) is 0 Å². The lowest BCUT2D eigenvalue weighted by atomic mass is 10.1. The van der Waals surface area contributed by atoms with Crippen molar-refractivity contribution in [2.75, 3.05) is 21.3 Å². The molecule has 0 fully saturated rings. The number of methoxy groups -OCH3 is 2. The van der Waals surface area contributed by atoms with Gasteiger partial charge in [0.25, 0.3) is 0 Å². The number of aliphatic imine (C=N–C) groups is 1. The molecular formula is C19H25N3O2. The minimum atomic E-state index is 0.612. The molecule has 0 unspecified atom stereocenters. The fourth-order valence-electron chi connectivity index (χ4n) is 2.38. The van der Waals surface area contributed by atoms with E-state index in [1.807, 2.05) is 30.3 Å². The predicted octanol–water partition coefficient (Wildman–Crippen LogP) is 2.88. The summed E-state index contributed by atoms with van der Waals surface area (Å²) in [5.41, 5.74) is 3.55. The number of ether oxygens (including phenoxy) is 2. The molecule has 0 radical (unpaired) electrons. The molecule has 0 bridgehead atoms. The van der Waals surface area contributed by atoms with Gasteiger partial charge in [0.05, 0.1) is 14.2 Å². The van der Waals surface area contributed by atoms with Crippen molar-refractivity contribution in [3.8, 4) is 11.5 Å². The highest BCUT2D eigenvalue weighted by Crippen LogP contribution is 2.24. The Morgan fingerprint density at radius 1 is 0.958 bits per heavy atom. The minimum absolute atomic E-state index is 0.612. The first-order valence-electron chi connectivity index (χ1n) is 7.88. The third kappa shape index (κ3) is 4.65. The molecule has 0 aliphatic heterocycles. The zero-order valence-corrected chi connectivity index (χ0v) is 14.7. The van der Waals surface area contributed by atoms with E-state index in [-0.39, 0.29) is 0 Å². The summed E-state index contributed by atoms with van der Waals surface area (Å²) in [6, 6.07) is 14.1. The average Bonchev–Trinajstić information content (AvgIpc) is 2.63. The molecule has 0 amide bonds. The summed E-state index contributed by atoms with van der Waals surface area (Å²) in [6.45, 7) is 3.45. The van der Waals surface area contributed by atoms with Crippen LogP contribution < -0.4 is 20.1 Å². The van der Waals surface area contributed by atoms with Crippen molar-refractivity contribution in [3.05, 3.63) is 59.2 Å². The number of nitrogens with zero attached hydrogens (tertiary/aromatic N) is 1. The maximum absolute atomic E-state index is 5.42. The van der Waals surface area contributed by atoms with E-state index in [1.54, 1.807) is 21.3 Å². The third-order valence-corrected chi connectivity index (χ3v) is 3.87. The zero-order valence-electron chi connectivity index (χ0n) is 14.7. The van der Waals surface area contributed by atoms with E-state index < -0.39 is 0 Å². The van der Waals surface area contributed by atoms with Crippen LogP contribution in [0.1, 0.15) is 16.7 Å². The van der Waals surface area contributed by atoms with Gasteiger partial charge in [-0.2, -0.15) is 0 Å². The van der Waals surface area contributed by atoms with Crippen LogP contribution in [0, 0.1) is 6.92 Å². The lowest BCUT2D eigenvalue weighted by Crippen LogP contribution is -2.36. The largest absolute Gasteiger partial charge is 0.497 e. The van der Waals surface area contributed by atoms with Gasteiger partial charge in [0, 0.05) is 31.8 Å². The second kappa shape index (κ2) is 8.82. The van der Waals surface area contributed by atoms with E-state index in [0.717, 1.165) is 29.6 Å². The van der Waals surface area contributed by atoms with E-state index in [4.69, 9.17) is 9.47 Å². The van der Waals surface area contributed by atoms with Crippen molar-refractivity contribution in [2.24, 2.45) is 4.99 Å². The number of guanidine groups is 1. The minimum Gasteiger partial charge on any atom is -0.497 e. The van der Waals surface area contributed by atoms with Crippen LogP contribution in [-0.4, -0.2) is 27.2 Å². The maximum atomic E-state index is 5.42. The monoisotopic (exact) mass is 327 g/mol. The number of aryl methyl sites for hydroxylation is 1. The van der Waals surface area contributed by atoms with Crippen molar-refractivity contribution in [3.63, 3.8) is 0 Å². The zero-order chi connectivity index (χ0) is 17.4. The molecular weight excluding hydrogens is 302 g/mol. The average molecular weight is 327 g/mol. The van der Waals surface area contributed by atoms with Crippen molar-refractivity contribution in [2.45, 2.75) is 20.0 Å². The standard InChI is InChI=1S/C19H25N3O2/c1-14-7-5-6-8-15(14)12-21-19(20-2)22-13-16-9-10-17(23-3)11-18(16)24-4/h5-11H,12-13H2,1-4H3,(H2,20,21,22). The van der Waals surface area contributed by atoms with Gasteiger partial charge in [-0.05, 0) is 30.2 Å². The molecule has 2 N–H and O–H groups in total. The quantitative estimate of drug-likeness (QED) is 0.633. The van der Waals surface area contributed by atoms with Crippen LogP contribution in [0.15, 0.2) is 47.5 Å². The van der Waals surface area contributed by atoms with Crippen molar-refractivity contribution in [1.82, 2.24) is 10.6 Å². The first kappa shape index (κ1) is 17.7. The Morgan fingerprint density at radius 2 is 1.67 bits per heavy atom. The van der Waals surface area contributed by atoms with Crippen molar-refractivity contribution in [1.29, 1.82) is 0 Å². The number of hydrogen-bond donors (Lipinski definition) is 2. The third-order valence-electron chi connectivity index (χ3n) is 3.87. The normalized spacial score (nSPS) is 11.1. The molecule has 2 aromatic carbocycles. The van der Waals surface area contributed by atoms with E-state index in [1.165, 1.54) is 11.1 Å². The summed E-state index contributed by atoms with van der Waals surface area (Å²) < 4.78 is 10.6. The Hall–Kier alpha value is -2.69. The van der Waals surface area contributed by atoms with Gasteiger partial charge in [0.1, 0.15) is 11.5 Å². The molecule has 0 aliphatic carbocycles. The highest BCUT2D eigenvalue weighted by molar-refractivity contribution is 5.79. The van der Waals surface area contributed by atoms with E-state index in [0.29, 0.717) is 6.54 Å². The SMILES string of the molecule is CN=C(NCc1ccccc1C)NCc1ccc(OC)cc1OC. The molecule has 2 aromatic rings. The Kier molecular flexibility index (Phi) is 6.49. The fraction of sp³-hybridized carbons (Fsp3) is 0.316. The molecule has 24 heavy (non-hydrogen) atoms.